The fraction of sp³-hybridized carbons (Fsp3) is 0. The summed E-state index contributed by atoms with van der Waals surface area (Å²) in [6.07, 6.45) is 0. The van der Waals surface area contributed by atoms with Crippen LogP contribution in [0.1, 0.15) is 0 Å². The summed E-state index contributed by atoms with van der Waals surface area (Å²) in [6.45, 7) is 0. The molecule has 0 fully saturated rings. The third kappa shape index (κ3) is 0.729. The van der Waals surface area contributed by atoms with Crippen molar-refractivity contribution >= 4 is 11.6 Å². The largest absolute Gasteiger partial charge is 0.386 e. The van der Waals surface area contributed by atoms with Gasteiger partial charge in [-0.15, -0.1) is 5.10 Å². The molecule has 6 N–H and O–H groups in total. The van der Waals surface area contributed by atoms with Gasteiger partial charge in [0.2, 0.25) is 0 Å². The zero-order chi connectivity index (χ0) is 7.72. The average molecular weight is 142 g/mol. The van der Waals surface area contributed by atoms with Gasteiger partial charge in [0.15, 0.2) is 11.6 Å². The highest BCUT2D eigenvalue weighted by atomic mass is 16.2. The Balaban J connectivity index is 3.49. The Morgan fingerprint density at radius 3 is 2.40 bits per heavy atom. The van der Waals surface area contributed by atoms with E-state index in [2.05, 4.69) is 10.2 Å². The van der Waals surface area contributed by atoms with Gasteiger partial charge in [-0.1, -0.05) is 5.10 Å². The minimum Gasteiger partial charge on any atom is -0.380 e. The normalized spacial score (nSPS) is 9.60. The highest BCUT2D eigenvalue weighted by Crippen LogP contribution is 2.00. The second-order valence-electron chi connectivity index (χ2n) is 1.62. The molecule has 10 heavy (non-hydrogen) atoms. The molecule has 0 atom stereocenters. The smallest absolute Gasteiger partial charge is 0.380 e. The van der Waals surface area contributed by atoms with Gasteiger partial charge in [-0.05, 0) is 0 Å². The molecule has 1 heterocycles. The van der Waals surface area contributed by atoms with Crippen molar-refractivity contribution < 1.29 is 0 Å². The van der Waals surface area contributed by atoms with Gasteiger partial charge in [-0.2, -0.15) is 4.68 Å². The molecule has 0 saturated heterocycles. The molecule has 0 aliphatic heterocycles. The predicted octanol–water partition coefficient (Wildman–Crippen LogP) is -2.48. The summed E-state index contributed by atoms with van der Waals surface area (Å²) in [4.78, 5) is 10.5. The summed E-state index contributed by atoms with van der Waals surface area (Å²) in [5.41, 5.74) is 9.61. The third-order valence-corrected chi connectivity index (χ3v) is 0.971. The fourth-order valence-electron chi connectivity index (χ4n) is 0.423. The van der Waals surface area contributed by atoms with Crippen LogP contribution in [-0.2, 0) is 0 Å². The van der Waals surface area contributed by atoms with E-state index in [4.69, 9.17) is 17.3 Å². The molecule has 0 saturated carbocycles. The molecule has 0 aliphatic carbocycles. The van der Waals surface area contributed by atoms with E-state index >= 15 is 0 Å². The number of rotatable bonds is 0. The molecule has 0 aliphatic rings. The highest BCUT2D eigenvalue weighted by molar-refractivity contribution is 5.50. The summed E-state index contributed by atoms with van der Waals surface area (Å²) in [5, 5.41) is 6.30. The Kier molecular flexibility index (Phi) is 1.18. The maximum absolute atomic E-state index is 10.5. The summed E-state index contributed by atoms with van der Waals surface area (Å²) < 4.78 is 0.627. The first-order valence-electron chi connectivity index (χ1n) is 2.38. The van der Waals surface area contributed by atoms with Crippen LogP contribution in [0.5, 0.6) is 0 Å². The van der Waals surface area contributed by atoms with Gasteiger partial charge in [-0.3, -0.25) is 0 Å². The summed E-state index contributed by atoms with van der Waals surface area (Å²) in [6, 6.07) is 0. The van der Waals surface area contributed by atoms with Crippen LogP contribution in [0.4, 0.5) is 11.6 Å². The maximum atomic E-state index is 10.5. The van der Waals surface area contributed by atoms with Gasteiger partial charge >= 0.3 is 5.69 Å². The maximum Gasteiger partial charge on any atom is 0.386 e. The van der Waals surface area contributed by atoms with Crippen molar-refractivity contribution in [2.45, 2.75) is 0 Å². The van der Waals surface area contributed by atoms with Crippen molar-refractivity contribution in [3.63, 3.8) is 0 Å². The van der Waals surface area contributed by atoms with E-state index in [1.165, 1.54) is 0 Å². The minimum atomic E-state index is -0.730. The highest BCUT2D eigenvalue weighted by Gasteiger charge is 2.01. The van der Waals surface area contributed by atoms with Crippen LogP contribution in [0.2, 0.25) is 0 Å². The van der Waals surface area contributed by atoms with Crippen LogP contribution >= 0.6 is 0 Å². The van der Waals surface area contributed by atoms with Crippen LogP contribution in [0, 0.1) is 0 Å². The molecule has 0 aromatic carbocycles. The van der Waals surface area contributed by atoms with E-state index in [-0.39, 0.29) is 11.6 Å². The molecular weight excluding hydrogens is 136 g/mol. The van der Waals surface area contributed by atoms with E-state index in [0.29, 0.717) is 4.68 Å². The summed E-state index contributed by atoms with van der Waals surface area (Å²) >= 11 is 0. The van der Waals surface area contributed by atoms with E-state index in [0.717, 1.165) is 0 Å². The quantitative estimate of drug-likeness (QED) is 0.344. The van der Waals surface area contributed by atoms with Crippen LogP contribution in [0.3, 0.4) is 0 Å². The molecule has 0 amide bonds. The van der Waals surface area contributed by atoms with E-state index in [1.807, 2.05) is 0 Å². The van der Waals surface area contributed by atoms with E-state index in [9.17, 15) is 4.79 Å². The number of nitrogens with two attached hydrogens (primary N) is 3. The molecule has 1 aromatic rings. The van der Waals surface area contributed by atoms with Crippen molar-refractivity contribution in [2.24, 2.45) is 0 Å². The Bertz CT molecular complexity index is 302. The molecule has 0 spiro atoms. The SMILES string of the molecule is Nc1nnc(=O)n(N)c1N. The Morgan fingerprint density at radius 2 is 1.90 bits per heavy atom. The minimum absolute atomic E-state index is 0.0536. The summed E-state index contributed by atoms with van der Waals surface area (Å²) in [7, 11) is 0. The third-order valence-electron chi connectivity index (χ3n) is 0.971. The number of aromatic nitrogens is 3. The first-order valence-corrected chi connectivity index (χ1v) is 2.38. The van der Waals surface area contributed by atoms with Crippen LogP contribution in [0.15, 0.2) is 4.79 Å². The molecule has 54 valence electrons. The Morgan fingerprint density at radius 1 is 1.30 bits per heavy atom. The number of hydrogen-bond acceptors (Lipinski definition) is 6. The lowest BCUT2D eigenvalue weighted by Crippen LogP contribution is -2.33. The molecular formula is C3H6N6O. The van der Waals surface area contributed by atoms with Crippen molar-refractivity contribution in [3.8, 4) is 0 Å². The Hall–Kier alpha value is -1.79. The van der Waals surface area contributed by atoms with Crippen LogP contribution in [0.25, 0.3) is 0 Å². The van der Waals surface area contributed by atoms with Crippen molar-refractivity contribution in [1.82, 2.24) is 14.9 Å². The zero-order valence-electron chi connectivity index (χ0n) is 4.98. The lowest BCUT2D eigenvalue weighted by molar-refractivity contribution is 0.819. The first kappa shape index (κ1) is 6.33. The van der Waals surface area contributed by atoms with Crippen molar-refractivity contribution in [2.75, 3.05) is 17.3 Å². The number of hydrogen-bond donors (Lipinski definition) is 3. The van der Waals surface area contributed by atoms with Gasteiger partial charge in [0.1, 0.15) is 0 Å². The van der Waals surface area contributed by atoms with Gasteiger partial charge < -0.3 is 17.3 Å². The summed E-state index contributed by atoms with van der Waals surface area (Å²) in [5.74, 6) is 4.94. The molecule has 1 aromatic heterocycles. The molecule has 7 nitrogen and oxygen atoms in total. The standard InChI is InChI=1S/C3H6N6O/c4-1-2(5)9(6)3(10)8-7-1/h4-6H2. The molecule has 0 radical (unpaired) electrons. The number of nitrogens with zero attached hydrogens (tertiary/aromatic N) is 3. The van der Waals surface area contributed by atoms with Gasteiger partial charge in [0.05, 0.1) is 0 Å². The van der Waals surface area contributed by atoms with Crippen LogP contribution in [-0.4, -0.2) is 14.9 Å². The average Bonchev–Trinajstić information content (AvgIpc) is 1.93. The van der Waals surface area contributed by atoms with Gasteiger partial charge in [0, 0.05) is 0 Å². The molecule has 7 heteroatoms. The van der Waals surface area contributed by atoms with Crippen LogP contribution < -0.4 is 23.0 Å². The number of anilines is 2. The van der Waals surface area contributed by atoms with Crippen molar-refractivity contribution in [3.05, 3.63) is 10.5 Å². The second-order valence-corrected chi connectivity index (χ2v) is 1.62. The molecule has 0 unspecified atom stereocenters. The van der Waals surface area contributed by atoms with Crippen molar-refractivity contribution in [1.29, 1.82) is 0 Å². The fourth-order valence-corrected chi connectivity index (χ4v) is 0.423. The topological polar surface area (TPSA) is 126 Å². The van der Waals surface area contributed by atoms with Gasteiger partial charge in [0.25, 0.3) is 0 Å². The van der Waals surface area contributed by atoms with E-state index in [1.54, 1.807) is 0 Å². The van der Waals surface area contributed by atoms with Gasteiger partial charge in [-0.25, -0.2) is 4.79 Å². The predicted molar refractivity (Wildman–Crippen MR) is 35.3 cm³/mol. The monoisotopic (exact) mass is 142 g/mol. The second kappa shape index (κ2) is 1.87. The lowest BCUT2D eigenvalue weighted by Gasteiger charge is -2.00. The first-order chi connectivity index (χ1) is 4.63. The zero-order valence-corrected chi connectivity index (χ0v) is 4.98. The molecule has 0 bridgehead atoms. The molecule has 1 rings (SSSR count). The van der Waals surface area contributed by atoms with E-state index < -0.39 is 5.69 Å². The number of nitrogen functional groups attached to an aromatic ring is 3. The lowest BCUT2D eigenvalue weighted by atomic mass is 10.6. The Labute approximate surface area is 55.4 Å².